The number of hydrogen-bond acceptors (Lipinski definition) is 51. The molecule has 0 aliphatic carbocycles. The second-order valence-corrected chi connectivity index (χ2v) is 29.7. The fourth-order valence-corrected chi connectivity index (χ4v) is 16.2. The molecule has 51 nitrogen and oxygen atoms in total. The Morgan fingerprint density at radius 3 is 0.767 bits per heavy atom. The minimum absolute atomic E-state index is 0.0755. The van der Waals surface area contributed by atoms with Gasteiger partial charge in [0, 0.05) is 61.2 Å². The van der Waals surface area contributed by atoms with Crippen LogP contribution < -0.4 is 0 Å². The van der Waals surface area contributed by atoms with Gasteiger partial charge in [-0.2, -0.15) is 0 Å². The van der Waals surface area contributed by atoms with Crippen molar-refractivity contribution in [2.45, 2.75) is 60.9 Å². The fraction of sp³-hybridized carbons (Fsp3) is 0.146. The Morgan fingerprint density at radius 1 is 0.226 bits per heavy atom. The zero-order valence-electron chi connectivity index (χ0n) is 64.9. The van der Waals surface area contributed by atoms with Crippen LogP contribution in [0.25, 0.3) is 44.5 Å². The number of aliphatic hydroxyl groups is 1. The van der Waals surface area contributed by atoms with Crippen LogP contribution in [0.15, 0.2) is 54.6 Å². The molecule has 10 aromatic carbocycles. The summed E-state index contributed by atoms with van der Waals surface area (Å²) in [6.07, 6.45) is -30.9. The standard InChI is InChI=1S/C82H54O51/c83-19-1-12(2-20(84)45(19)92)73(114)126-28-10-124-75(116)14-5-23(87)47(94)52(99)30(14)32-16(7-25(89)49(96)54(32)101)77(118)128-67(28)71-69-40(38-41(80(121)130-69)35(57(104)64(111)60(38)107)34-18(79(120)132-71)9-27(91)51(98)56(34)103)39-42-36(58(105)65(112)61(39)108)37-43-44(62(109)66(113)59(37)106)63(110)70(131-82(43)123)72(133-81(42)122)68-29(127-74(115)13-3-21(85)46(93)22(86)4-13)11-125-76(117)15-6-24(88)48(95)53(100)31(15)33-17(78(119)129-68)8-26(90)50(97)55(33)102/h1-9,28-29,40,63,67-72,83-113H,10-11H2/t28-,29-,40-,63-,67-,68-,69-,70+,71+,72+/m1/s1. The van der Waals surface area contributed by atoms with Crippen molar-refractivity contribution in [2.75, 3.05) is 13.2 Å². The maximum Gasteiger partial charge on any atom is 0.339 e. The first-order valence-corrected chi connectivity index (χ1v) is 37.1. The lowest BCUT2D eigenvalue weighted by Gasteiger charge is -2.43. The Kier molecular flexibility index (Phi) is 20.1. The second kappa shape index (κ2) is 30.6. The number of carbonyl (C=O) groups excluding carboxylic acids is 10. The number of benzene rings is 10. The number of phenols is 30. The molecule has 10 aromatic rings. The first-order valence-electron chi connectivity index (χ1n) is 37.1. The summed E-state index contributed by atoms with van der Waals surface area (Å²) in [6, 6.07) is 1.88. The largest absolute Gasteiger partial charge is 0.504 e. The lowest BCUT2D eigenvalue weighted by Crippen LogP contribution is -2.57. The van der Waals surface area contributed by atoms with E-state index < -0.39 is 423 Å². The van der Waals surface area contributed by atoms with E-state index in [1.807, 2.05) is 0 Å². The van der Waals surface area contributed by atoms with E-state index in [1.54, 1.807) is 0 Å². The van der Waals surface area contributed by atoms with Crippen LogP contribution in [0.5, 0.6) is 172 Å². The van der Waals surface area contributed by atoms with E-state index in [0.29, 0.717) is 12.1 Å². The van der Waals surface area contributed by atoms with Gasteiger partial charge in [0.15, 0.2) is 175 Å². The molecule has 51 heteroatoms. The lowest BCUT2D eigenvalue weighted by molar-refractivity contribution is -0.154. The van der Waals surface area contributed by atoms with Crippen molar-refractivity contribution in [2.24, 2.45) is 0 Å². The molecule has 7 aliphatic rings. The van der Waals surface area contributed by atoms with Crippen molar-refractivity contribution in [1.29, 1.82) is 0 Å². The number of fused-ring (bicyclic) bond motifs is 13. The average Bonchev–Trinajstić information content (AvgIpc) is 0.714. The Labute approximate surface area is 728 Å². The van der Waals surface area contributed by atoms with E-state index in [2.05, 4.69) is 0 Å². The molecule has 0 amide bonds. The van der Waals surface area contributed by atoms with E-state index in [9.17, 15) is 173 Å². The fourth-order valence-electron chi connectivity index (χ4n) is 16.2. The molecule has 133 heavy (non-hydrogen) atoms. The number of phenolic OH excluding ortho intramolecular Hbond substituents is 30. The van der Waals surface area contributed by atoms with Gasteiger partial charge < -0.3 is 206 Å². The van der Waals surface area contributed by atoms with E-state index in [0.717, 1.165) is 0 Å². The number of aromatic hydroxyl groups is 30. The summed E-state index contributed by atoms with van der Waals surface area (Å²) in [5, 5.41) is 359. The Hall–Kier alpha value is -19.1. The molecule has 0 fully saturated rings. The smallest absolute Gasteiger partial charge is 0.339 e. The number of rotatable bonds is 7. The highest BCUT2D eigenvalue weighted by Crippen LogP contribution is 2.66. The van der Waals surface area contributed by atoms with E-state index in [-0.39, 0.29) is 42.5 Å². The molecule has 7 aliphatic heterocycles. The summed E-state index contributed by atoms with van der Waals surface area (Å²) in [7, 11) is 0. The van der Waals surface area contributed by atoms with Crippen molar-refractivity contribution in [3.05, 3.63) is 127 Å². The number of ether oxygens (including phenoxy) is 10. The SMILES string of the molecule is O=C(O[C@@H]1COC(=O)c2cc(O)c(O)c(O)c2-c2c(cc(O)c(O)c2O)C(=O)O[C@H]1[C@@H]1OC(=O)c2cc(O)c(O)c(O)c2-c2c(O)c(O)c(O)c3c2C(=O)O[C@@H]1[C@H]3c1c(O)c(O)c(O)c2c1C(=O)O[C@@H]([C@@H]1OC(=O)c3cc(O)c(O)c(O)c3-c3c(cc(O)c(O)c3O)C(=O)OC[C@H]1OC(=O)c1cc(O)c(O)c(O)c1)[C@H]1OC(=O)c3c-2c(O)c(O)c(O)c3[C@H]1O)c1cc(O)c(O)c(O)c1. The number of carbonyl (C=O) groups is 10. The number of esters is 10. The second-order valence-electron chi connectivity index (χ2n) is 29.7. The molecule has 10 atom stereocenters. The van der Waals surface area contributed by atoms with Crippen LogP contribution in [0.4, 0.5) is 0 Å². The third-order valence-corrected chi connectivity index (χ3v) is 22.3. The summed E-state index contributed by atoms with van der Waals surface area (Å²) in [6.45, 7) is -3.97. The summed E-state index contributed by atoms with van der Waals surface area (Å²) in [4.78, 5) is 156. The van der Waals surface area contributed by atoms with E-state index in [4.69, 9.17) is 47.4 Å². The molecule has 0 saturated heterocycles. The van der Waals surface area contributed by atoms with Crippen molar-refractivity contribution < 1.29 is 254 Å². The average molecular weight is 1860 g/mol. The number of cyclic esters (lactones) is 5. The first-order chi connectivity index (χ1) is 62.5. The van der Waals surface area contributed by atoms with Gasteiger partial charge in [0.2, 0.25) is 46.0 Å². The molecule has 0 saturated carbocycles. The van der Waals surface area contributed by atoms with Crippen LogP contribution in [-0.2, 0) is 47.4 Å². The molecular weight excluding hydrogens is 1800 g/mol. The summed E-state index contributed by atoms with van der Waals surface area (Å²) in [5.41, 5.74) is -34.1. The Morgan fingerprint density at radius 2 is 0.451 bits per heavy atom. The molecule has 0 aromatic heterocycles. The molecule has 7 heterocycles. The van der Waals surface area contributed by atoms with Crippen LogP contribution in [-0.4, -0.2) is 280 Å². The van der Waals surface area contributed by atoms with Gasteiger partial charge in [-0.05, 0) is 54.6 Å². The number of aliphatic hydroxyl groups excluding tert-OH is 1. The summed E-state index contributed by atoms with van der Waals surface area (Å²) < 4.78 is 58.2. The molecule has 0 unspecified atom stereocenters. The molecule has 6 bridgehead atoms. The number of hydrogen-bond donors (Lipinski definition) is 31. The summed E-state index contributed by atoms with van der Waals surface area (Å²) in [5.74, 6) is -79.5. The Balaban J connectivity index is 1.03. The van der Waals surface area contributed by atoms with Crippen LogP contribution in [0.2, 0.25) is 0 Å². The first kappa shape index (κ1) is 87.3. The highest BCUT2D eigenvalue weighted by molar-refractivity contribution is 6.16. The minimum Gasteiger partial charge on any atom is -0.504 e. The van der Waals surface area contributed by atoms with Gasteiger partial charge in [-0.3, -0.25) is 0 Å². The normalized spacial score (nSPS) is 20.1. The molecule has 0 radical (unpaired) electrons. The lowest BCUT2D eigenvalue weighted by atomic mass is 9.72. The van der Waals surface area contributed by atoms with Gasteiger partial charge in [0.1, 0.15) is 19.3 Å². The molecular formula is C82H54O51. The van der Waals surface area contributed by atoms with Gasteiger partial charge in [0.25, 0.3) is 0 Å². The predicted molar refractivity (Wildman–Crippen MR) is 411 cm³/mol. The van der Waals surface area contributed by atoms with Crippen LogP contribution in [0.3, 0.4) is 0 Å². The van der Waals surface area contributed by atoms with Crippen LogP contribution >= 0.6 is 0 Å². The third kappa shape index (κ3) is 13.0. The minimum atomic E-state index is -3.69. The van der Waals surface area contributed by atoms with Gasteiger partial charge in [-0.1, -0.05) is 0 Å². The van der Waals surface area contributed by atoms with Crippen molar-refractivity contribution in [3.8, 4) is 217 Å². The maximum atomic E-state index is 17.2. The van der Waals surface area contributed by atoms with Crippen molar-refractivity contribution in [3.63, 3.8) is 0 Å². The molecule has 688 valence electrons. The zero-order chi connectivity index (χ0) is 96.8. The van der Waals surface area contributed by atoms with Crippen LogP contribution in [0.1, 0.15) is 132 Å². The molecule has 17 rings (SSSR count). The Bertz CT molecular complexity index is 6990. The zero-order valence-corrected chi connectivity index (χ0v) is 64.9. The van der Waals surface area contributed by atoms with Crippen LogP contribution in [0, 0.1) is 0 Å². The summed E-state index contributed by atoms with van der Waals surface area (Å²) >= 11 is 0. The van der Waals surface area contributed by atoms with E-state index >= 15 is 33.6 Å². The van der Waals surface area contributed by atoms with Crippen molar-refractivity contribution >= 4 is 59.7 Å². The maximum absolute atomic E-state index is 17.2. The highest BCUT2D eigenvalue weighted by Gasteiger charge is 2.60. The van der Waals surface area contributed by atoms with Gasteiger partial charge in [-0.15, -0.1) is 0 Å². The predicted octanol–water partition coefficient (Wildman–Crippen LogP) is 3.09. The van der Waals surface area contributed by atoms with Gasteiger partial charge in [0.05, 0.1) is 61.6 Å². The molecule has 0 spiro atoms. The van der Waals surface area contributed by atoms with E-state index in [1.165, 1.54) is 0 Å². The highest BCUT2D eigenvalue weighted by atomic mass is 16.7. The topological polar surface area (TPSA) is 890 Å². The monoisotopic (exact) mass is 1850 g/mol. The van der Waals surface area contributed by atoms with Gasteiger partial charge >= 0.3 is 59.7 Å². The molecule has 31 N–H and O–H groups in total. The quantitative estimate of drug-likeness (QED) is 0.0619. The van der Waals surface area contributed by atoms with Gasteiger partial charge in [-0.25, -0.2) is 47.9 Å². The van der Waals surface area contributed by atoms with Crippen molar-refractivity contribution in [1.82, 2.24) is 0 Å². The third-order valence-electron chi connectivity index (χ3n) is 22.3.